The lowest BCUT2D eigenvalue weighted by molar-refractivity contribution is -0.141. The molecule has 0 heterocycles. The fraction of sp³-hybridized carbons (Fsp3) is 0.259. The topological polar surface area (TPSA) is 49.4 Å². The van der Waals surface area contributed by atoms with Gasteiger partial charge in [0.1, 0.15) is 6.04 Å². The molecule has 0 saturated carbocycles. The Kier molecular flexibility index (Phi) is 8.88. The minimum Gasteiger partial charge on any atom is -0.354 e. The van der Waals surface area contributed by atoms with Gasteiger partial charge in [-0.05, 0) is 41.7 Å². The summed E-state index contributed by atoms with van der Waals surface area (Å²) in [5.74, 6) is -0.232. The average Bonchev–Trinajstić information content (AvgIpc) is 2.83. The van der Waals surface area contributed by atoms with Crippen molar-refractivity contribution in [3.8, 4) is 0 Å². The summed E-state index contributed by atoms with van der Waals surface area (Å²) in [4.78, 5) is 28.4. The highest BCUT2D eigenvalue weighted by atomic mass is 35.5. The molecule has 5 heteroatoms. The van der Waals surface area contributed by atoms with Gasteiger partial charge in [-0.3, -0.25) is 9.59 Å². The zero-order valence-electron chi connectivity index (χ0n) is 18.3. The number of benzene rings is 3. The summed E-state index contributed by atoms with van der Waals surface area (Å²) in [6.45, 7) is 2.90. The maximum absolute atomic E-state index is 13.5. The highest BCUT2D eigenvalue weighted by molar-refractivity contribution is 6.30. The second-order valence-electron chi connectivity index (χ2n) is 7.74. The van der Waals surface area contributed by atoms with Crippen molar-refractivity contribution in [2.24, 2.45) is 0 Å². The number of aryl methyl sites for hydroxylation is 1. The van der Waals surface area contributed by atoms with Crippen LogP contribution in [0.25, 0.3) is 0 Å². The Morgan fingerprint density at radius 1 is 0.875 bits per heavy atom. The van der Waals surface area contributed by atoms with Crippen LogP contribution in [0, 0.1) is 0 Å². The minimum atomic E-state index is -0.707. The molecule has 0 aliphatic heterocycles. The van der Waals surface area contributed by atoms with Crippen LogP contribution in [0.4, 0.5) is 0 Å². The second kappa shape index (κ2) is 12.1. The van der Waals surface area contributed by atoms with E-state index in [-0.39, 0.29) is 11.8 Å². The summed E-state index contributed by atoms with van der Waals surface area (Å²) in [6.07, 6.45) is 1.77. The first-order chi connectivity index (χ1) is 15.6. The molecule has 1 atom stereocenters. The molecule has 0 aromatic heterocycles. The van der Waals surface area contributed by atoms with E-state index in [1.54, 1.807) is 17.0 Å². The Morgan fingerprint density at radius 2 is 1.50 bits per heavy atom. The lowest BCUT2D eigenvalue weighted by atomic mass is 10.0. The van der Waals surface area contributed by atoms with Crippen LogP contribution in [0.1, 0.15) is 42.5 Å². The second-order valence-corrected chi connectivity index (χ2v) is 8.17. The predicted molar refractivity (Wildman–Crippen MR) is 129 cm³/mol. The van der Waals surface area contributed by atoms with E-state index in [1.165, 1.54) is 0 Å². The summed E-state index contributed by atoms with van der Waals surface area (Å²) < 4.78 is 0. The van der Waals surface area contributed by atoms with E-state index in [4.69, 9.17) is 11.6 Å². The Labute approximate surface area is 195 Å². The predicted octanol–water partition coefficient (Wildman–Crippen LogP) is 5.57. The molecule has 3 aromatic carbocycles. The molecular formula is C27H29ClN2O2. The number of nitrogens with zero attached hydrogens (tertiary/aromatic N) is 1. The van der Waals surface area contributed by atoms with Crippen LogP contribution in [-0.4, -0.2) is 23.3 Å². The molecule has 32 heavy (non-hydrogen) atoms. The third-order valence-corrected chi connectivity index (χ3v) is 5.53. The first-order valence-corrected chi connectivity index (χ1v) is 11.4. The molecule has 3 rings (SSSR count). The Morgan fingerprint density at radius 3 is 2.12 bits per heavy atom. The number of halogens is 1. The zero-order valence-corrected chi connectivity index (χ0v) is 19.1. The van der Waals surface area contributed by atoms with Crippen LogP contribution in [0.3, 0.4) is 0 Å². The van der Waals surface area contributed by atoms with E-state index in [9.17, 15) is 9.59 Å². The Bertz CT molecular complexity index is 991. The van der Waals surface area contributed by atoms with Gasteiger partial charge in [0.25, 0.3) is 0 Å². The smallest absolute Gasteiger partial charge is 0.247 e. The SMILES string of the molecule is CCCNC(=O)C(c1ccccc1)N(Cc1ccc(Cl)cc1)C(=O)CCc1ccccc1. The molecule has 0 saturated heterocycles. The van der Waals surface area contributed by atoms with Crippen molar-refractivity contribution in [2.45, 2.75) is 38.8 Å². The molecule has 2 amide bonds. The molecule has 4 nitrogen and oxygen atoms in total. The van der Waals surface area contributed by atoms with Crippen molar-refractivity contribution >= 4 is 23.4 Å². The summed E-state index contributed by atoms with van der Waals surface area (Å²) in [5.41, 5.74) is 2.81. The Balaban J connectivity index is 1.91. The normalized spacial score (nSPS) is 11.6. The third kappa shape index (κ3) is 6.69. The average molecular weight is 449 g/mol. The van der Waals surface area contributed by atoms with Gasteiger partial charge in [-0.2, -0.15) is 0 Å². The fourth-order valence-electron chi connectivity index (χ4n) is 3.60. The molecule has 0 spiro atoms. The van der Waals surface area contributed by atoms with E-state index in [0.717, 1.165) is 23.1 Å². The first kappa shape index (κ1) is 23.6. The molecule has 1 N–H and O–H groups in total. The summed E-state index contributed by atoms with van der Waals surface area (Å²) in [5, 5.41) is 3.62. The van der Waals surface area contributed by atoms with Crippen molar-refractivity contribution in [1.29, 1.82) is 0 Å². The van der Waals surface area contributed by atoms with Crippen molar-refractivity contribution < 1.29 is 9.59 Å². The van der Waals surface area contributed by atoms with Crippen molar-refractivity contribution in [3.05, 3.63) is 107 Å². The molecule has 0 aliphatic rings. The number of hydrogen-bond donors (Lipinski definition) is 1. The highest BCUT2D eigenvalue weighted by Crippen LogP contribution is 2.25. The summed E-state index contributed by atoms with van der Waals surface area (Å²) in [6, 6.07) is 26.1. The van der Waals surface area contributed by atoms with Crippen LogP contribution >= 0.6 is 11.6 Å². The number of hydrogen-bond acceptors (Lipinski definition) is 2. The van der Waals surface area contributed by atoms with Gasteiger partial charge in [0.05, 0.1) is 0 Å². The lowest BCUT2D eigenvalue weighted by Gasteiger charge is -2.32. The minimum absolute atomic E-state index is 0.0655. The number of rotatable bonds is 10. The Hall–Kier alpha value is -3.11. The van der Waals surface area contributed by atoms with Gasteiger partial charge in [0.2, 0.25) is 11.8 Å². The lowest BCUT2D eigenvalue weighted by Crippen LogP contribution is -2.43. The van der Waals surface area contributed by atoms with E-state index >= 15 is 0 Å². The number of carbonyl (C=O) groups is 2. The van der Waals surface area contributed by atoms with Gasteiger partial charge in [-0.25, -0.2) is 0 Å². The maximum Gasteiger partial charge on any atom is 0.247 e. The van der Waals surface area contributed by atoms with Crippen molar-refractivity contribution in [3.63, 3.8) is 0 Å². The maximum atomic E-state index is 13.5. The van der Waals surface area contributed by atoms with Gasteiger partial charge in [-0.1, -0.05) is 91.3 Å². The van der Waals surface area contributed by atoms with Crippen molar-refractivity contribution in [1.82, 2.24) is 10.2 Å². The zero-order chi connectivity index (χ0) is 22.8. The molecule has 0 bridgehead atoms. The molecule has 3 aromatic rings. The molecule has 1 unspecified atom stereocenters. The van der Waals surface area contributed by atoms with E-state index < -0.39 is 6.04 Å². The largest absolute Gasteiger partial charge is 0.354 e. The molecule has 166 valence electrons. The monoisotopic (exact) mass is 448 g/mol. The quantitative estimate of drug-likeness (QED) is 0.440. The van der Waals surface area contributed by atoms with E-state index in [1.807, 2.05) is 79.7 Å². The molecule has 0 radical (unpaired) electrons. The van der Waals surface area contributed by atoms with Crippen LogP contribution < -0.4 is 5.32 Å². The first-order valence-electron chi connectivity index (χ1n) is 11.0. The number of amides is 2. The van der Waals surface area contributed by atoms with E-state index in [0.29, 0.717) is 31.0 Å². The van der Waals surface area contributed by atoms with Gasteiger partial charge < -0.3 is 10.2 Å². The summed E-state index contributed by atoms with van der Waals surface area (Å²) in [7, 11) is 0. The van der Waals surface area contributed by atoms with Crippen LogP contribution in [0.5, 0.6) is 0 Å². The fourth-order valence-corrected chi connectivity index (χ4v) is 3.73. The molecule has 0 fully saturated rings. The van der Waals surface area contributed by atoms with Crippen LogP contribution in [-0.2, 0) is 22.6 Å². The van der Waals surface area contributed by atoms with Gasteiger partial charge in [-0.15, -0.1) is 0 Å². The van der Waals surface area contributed by atoms with Crippen LogP contribution in [0.15, 0.2) is 84.9 Å². The van der Waals surface area contributed by atoms with E-state index in [2.05, 4.69) is 5.32 Å². The third-order valence-electron chi connectivity index (χ3n) is 5.28. The van der Waals surface area contributed by atoms with Crippen LogP contribution in [0.2, 0.25) is 5.02 Å². The summed E-state index contributed by atoms with van der Waals surface area (Å²) >= 11 is 6.05. The van der Waals surface area contributed by atoms with Gasteiger partial charge >= 0.3 is 0 Å². The number of carbonyl (C=O) groups excluding carboxylic acids is 2. The highest BCUT2D eigenvalue weighted by Gasteiger charge is 2.31. The molecule has 0 aliphatic carbocycles. The molecular weight excluding hydrogens is 420 g/mol. The number of nitrogens with one attached hydrogen (secondary N) is 1. The van der Waals surface area contributed by atoms with Crippen molar-refractivity contribution in [2.75, 3.05) is 6.54 Å². The van der Waals surface area contributed by atoms with Gasteiger partial charge in [0, 0.05) is 24.5 Å². The van der Waals surface area contributed by atoms with Gasteiger partial charge in [0.15, 0.2) is 0 Å². The standard InChI is InChI=1S/C27H29ClN2O2/c1-2-19-29-27(32)26(23-11-7-4-8-12-23)30(20-22-13-16-24(28)17-14-22)25(31)18-15-21-9-5-3-6-10-21/h3-14,16-17,26H,2,15,18-20H2,1H3,(H,29,32).